The molecule has 1 atom stereocenters. The highest BCUT2D eigenvalue weighted by atomic mass is 16.4. The number of hydrogen-bond acceptors (Lipinski definition) is 3. The van der Waals surface area contributed by atoms with Crippen LogP contribution in [0.25, 0.3) is 0 Å². The van der Waals surface area contributed by atoms with Gasteiger partial charge in [-0.1, -0.05) is 12.1 Å². The first-order valence-electron chi connectivity index (χ1n) is 5.28. The maximum atomic E-state index is 10.9. The summed E-state index contributed by atoms with van der Waals surface area (Å²) in [6.07, 6.45) is 3.12. The Morgan fingerprint density at radius 3 is 2.94 bits per heavy atom. The Morgan fingerprint density at radius 2 is 2.25 bits per heavy atom. The Hall–Kier alpha value is -1.84. The SMILES string of the molecule is O=C([O-])C1CCC[N+]1=Cc1ccccc1O. The van der Waals surface area contributed by atoms with Gasteiger partial charge in [-0.2, -0.15) is 0 Å². The van der Waals surface area contributed by atoms with Crippen molar-refractivity contribution in [1.29, 1.82) is 0 Å². The lowest BCUT2D eigenvalue weighted by Gasteiger charge is -2.08. The van der Waals surface area contributed by atoms with Gasteiger partial charge in [-0.25, -0.2) is 4.58 Å². The highest BCUT2D eigenvalue weighted by Crippen LogP contribution is 2.16. The average Bonchev–Trinajstić information content (AvgIpc) is 2.69. The number of benzene rings is 1. The number of carbonyl (C=O) groups excluding carboxylic acids is 1. The Kier molecular flexibility index (Phi) is 2.90. The van der Waals surface area contributed by atoms with Gasteiger partial charge in [0.1, 0.15) is 18.3 Å². The quantitative estimate of drug-likeness (QED) is 0.697. The van der Waals surface area contributed by atoms with Gasteiger partial charge < -0.3 is 15.0 Å². The van der Waals surface area contributed by atoms with Gasteiger partial charge in [0.25, 0.3) is 0 Å². The van der Waals surface area contributed by atoms with Gasteiger partial charge in [-0.3, -0.25) is 0 Å². The van der Waals surface area contributed by atoms with E-state index in [1.807, 2.05) is 0 Å². The van der Waals surface area contributed by atoms with Gasteiger partial charge in [-0.15, -0.1) is 0 Å². The first kappa shape index (κ1) is 10.7. The van der Waals surface area contributed by atoms with E-state index in [0.717, 1.165) is 6.42 Å². The van der Waals surface area contributed by atoms with E-state index in [0.29, 0.717) is 18.5 Å². The fourth-order valence-corrected chi connectivity index (χ4v) is 1.97. The lowest BCUT2D eigenvalue weighted by Crippen LogP contribution is -2.40. The third-order valence-electron chi connectivity index (χ3n) is 2.81. The topological polar surface area (TPSA) is 63.4 Å². The fraction of sp³-hybridized carbons (Fsp3) is 0.333. The van der Waals surface area contributed by atoms with Crippen molar-refractivity contribution < 1.29 is 19.6 Å². The van der Waals surface area contributed by atoms with Crippen molar-refractivity contribution in [3.8, 4) is 5.75 Å². The third kappa shape index (κ3) is 2.05. The molecule has 1 N–H and O–H groups in total. The van der Waals surface area contributed by atoms with E-state index in [1.165, 1.54) is 0 Å². The zero-order chi connectivity index (χ0) is 11.5. The summed E-state index contributed by atoms with van der Waals surface area (Å²) in [5, 5.41) is 20.4. The molecule has 0 aliphatic carbocycles. The molecule has 1 fully saturated rings. The average molecular weight is 219 g/mol. The third-order valence-corrected chi connectivity index (χ3v) is 2.81. The summed E-state index contributed by atoms with van der Waals surface area (Å²) in [4.78, 5) is 10.9. The molecule has 1 saturated heterocycles. The number of nitrogens with zero attached hydrogens (tertiary/aromatic N) is 1. The normalized spacial score (nSPS) is 22.5. The summed E-state index contributed by atoms with van der Waals surface area (Å²) in [6, 6.07) is 6.29. The molecule has 1 aromatic carbocycles. The zero-order valence-electron chi connectivity index (χ0n) is 8.80. The molecule has 1 heterocycles. The van der Waals surface area contributed by atoms with Gasteiger partial charge >= 0.3 is 0 Å². The summed E-state index contributed by atoms with van der Waals surface area (Å²) >= 11 is 0. The van der Waals surface area contributed by atoms with Crippen LogP contribution in [0.5, 0.6) is 5.75 Å². The van der Waals surface area contributed by atoms with Crippen LogP contribution >= 0.6 is 0 Å². The molecular weight excluding hydrogens is 206 g/mol. The minimum Gasteiger partial charge on any atom is -0.543 e. The fourth-order valence-electron chi connectivity index (χ4n) is 1.97. The number of phenolic OH excluding ortho intramolecular Hbond substituents is 1. The van der Waals surface area contributed by atoms with E-state index in [-0.39, 0.29) is 5.75 Å². The number of aromatic hydroxyl groups is 1. The van der Waals surface area contributed by atoms with E-state index in [9.17, 15) is 15.0 Å². The molecule has 1 unspecified atom stereocenters. The second kappa shape index (κ2) is 4.35. The molecule has 0 amide bonds. The van der Waals surface area contributed by atoms with Crippen LogP contribution in [0.3, 0.4) is 0 Å². The summed E-state index contributed by atoms with van der Waals surface area (Å²) in [7, 11) is 0. The number of phenols is 1. The molecule has 0 bridgehead atoms. The first-order valence-corrected chi connectivity index (χ1v) is 5.28. The number of rotatable bonds is 2. The number of carbonyl (C=O) groups is 1. The molecular formula is C12H13NO3. The summed E-state index contributed by atoms with van der Waals surface area (Å²) in [5.41, 5.74) is 0.635. The molecule has 2 rings (SSSR count). The Labute approximate surface area is 93.5 Å². The Bertz CT molecular complexity index is 440. The van der Waals surface area contributed by atoms with Gasteiger partial charge in [0.05, 0.1) is 5.56 Å². The largest absolute Gasteiger partial charge is 0.543 e. The minimum atomic E-state index is -1.05. The lowest BCUT2D eigenvalue weighted by atomic mass is 10.2. The van der Waals surface area contributed by atoms with E-state index in [4.69, 9.17) is 0 Å². The number of para-hydroxylation sites is 1. The molecule has 1 aliphatic heterocycles. The highest BCUT2D eigenvalue weighted by Gasteiger charge is 2.28. The number of aliphatic carboxylic acids is 1. The van der Waals surface area contributed by atoms with Crippen molar-refractivity contribution >= 4 is 12.2 Å². The highest BCUT2D eigenvalue weighted by molar-refractivity contribution is 5.81. The van der Waals surface area contributed by atoms with Crippen molar-refractivity contribution in [2.45, 2.75) is 18.9 Å². The van der Waals surface area contributed by atoms with Gasteiger partial charge in [0.15, 0.2) is 12.3 Å². The Balaban J connectivity index is 2.30. The van der Waals surface area contributed by atoms with Crippen molar-refractivity contribution in [2.24, 2.45) is 0 Å². The second-order valence-corrected chi connectivity index (χ2v) is 3.90. The molecule has 0 spiro atoms. The predicted molar refractivity (Wildman–Crippen MR) is 56.4 cm³/mol. The monoisotopic (exact) mass is 219 g/mol. The summed E-state index contributed by atoms with van der Waals surface area (Å²) < 4.78 is 1.71. The number of hydrogen-bond donors (Lipinski definition) is 1. The van der Waals surface area contributed by atoms with Crippen LogP contribution in [-0.4, -0.2) is 34.5 Å². The van der Waals surface area contributed by atoms with Gasteiger partial charge in [0.2, 0.25) is 0 Å². The van der Waals surface area contributed by atoms with Crippen molar-refractivity contribution in [2.75, 3.05) is 6.54 Å². The molecule has 4 heteroatoms. The molecule has 0 aromatic heterocycles. The first-order chi connectivity index (χ1) is 7.68. The number of carboxylic acid groups (broad SMARTS) is 1. The van der Waals surface area contributed by atoms with Crippen molar-refractivity contribution in [3.63, 3.8) is 0 Å². The molecule has 0 radical (unpaired) electrons. The van der Waals surface area contributed by atoms with Gasteiger partial charge in [0, 0.05) is 12.8 Å². The lowest BCUT2D eigenvalue weighted by molar-refractivity contribution is -0.539. The van der Waals surface area contributed by atoms with E-state index in [1.54, 1.807) is 35.1 Å². The standard InChI is InChI=1S/C12H13NO3/c14-11-6-2-1-4-9(11)8-13-7-3-5-10(13)12(15)16/h1-2,4,6,8,10H,3,5,7H2,(H,15,16). The molecule has 84 valence electrons. The van der Waals surface area contributed by atoms with E-state index < -0.39 is 12.0 Å². The van der Waals surface area contributed by atoms with Crippen LogP contribution in [0.4, 0.5) is 0 Å². The van der Waals surface area contributed by atoms with Crippen molar-refractivity contribution in [1.82, 2.24) is 0 Å². The van der Waals surface area contributed by atoms with Crippen LogP contribution in [-0.2, 0) is 4.79 Å². The second-order valence-electron chi connectivity index (χ2n) is 3.90. The van der Waals surface area contributed by atoms with Crippen LogP contribution < -0.4 is 5.11 Å². The maximum Gasteiger partial charge on any atom is 0.192 e. The molecule has 4 nitrogen and oxygen atoms in total. The summed E-state index contributed by atoms with van der Waals surface area (Å²) in [5.74, 6) is -0.893. The smallest absolute Gasteiger partial charge is 0.192 e. The molecule has 1 aromatic rings. The summed E-state index contributed by atoms with van der Waals surface area (Å²) in [6.45, 7) is 0.687. The van der Waals surface area contributed by atoms with E-state index >= 15 is 0 Å². The zero-order valence-corrected chi connectivity index (χ0v) is 8.80. The van der Waals surface area contributed by atoms with Crippen molar-refractivity contribution in [3.05, 3.63) is 29.8 Å². The molecule has 16 heavy (non-hydrogen) atoms. The molecule has 0 saturated carbocycles. The molecule has 1 aliphatic rings. The van der Waals surface area contributed by atoms with Crippen LogP contribution in [0.2, 0.25) is 0 Å². The van der Waals surface area contributed by atoms with E-state index in [2.05, 4.69) is 0 Å². The Morgan fingerprint density at radius 1 is 1.50 bits per heavy atom. The minimum absolute atomic E-state index is 0.159. The number of carboxylic acids is 1. The predicted octanol–water partition coefficient (Wildman–Crippen LogP) is -0.264. The maximum absolute atomic E-state index is 10.9. The van der Waals surface area contributed by atoms with Crippen LogP contribution in [0.1, 0.15) is 18.4 Å². The van der Waals surface area contributed by atoms with Crippen LogP contribution in [0.15, 0.2) is 24.3 Å². The van der Waals surface area contributed by atoms with Gasteiger partial charge in [-0.05, 0) is 12.1 Å². The van der Waals surface area contributed by atoms with Crippen LogP contribution in [0, 0.1) is 0 Å².